The monoisotopic (exact) mass is 428 g/mol. The number of aromatic nitrogens is 3. The minimum absolute atomic E-state index is 0.118. The molecule has 1 aliphatic heterocycles. The largest absolute Gasteiger partial charge is 0.484 e. The van der Waals surface area contributed by atoms with Crippen molar-refractivity contribution in [3.05, 3.63) is 53.3 Å². The smallest absolute Gasteiger partial charge is 0.260 e. The van der Waals surface area contributed by atoms with Gasteiger partial charge in [0.25, 0.3) is 5.91 Å². The number of amides is 1. The number of fused-ring (bicyclic) bond motifs is 1. The summed E-state index contributed by atoms with van der Waals surface area (Å²) in [7, 11) is 0. The van der Waals surface area contributed by atoms with Gasteiger partial charge in [-0.05, 0) is 38.1 Å². The third-order valence-electron chi connectivity index (χ3n) is 5.14. The Hall–Kier alpha value is -3.20. The van der Waals surface area contributed by atoms with Crippen LogP contribution in [0, 0.1) is 12.7 Å². The van der Waals surface area contributed by atoms with Crippen molar-refractivity contribution >= 4 is 5.91 Å². The van der Waals surface area contributed by atoms with Gasteiger partial charge in [-0.2, -0.15) is 5.10 Å². The zero-order valence-electron chi connectivity index (χ0n) is 17.6. The Bertz CT molecular complexity index is 1040. The van der Waals surface area contributed by atoms with E-state index in [1.54, 1.807) is 11.1 Å². The maximum atomic E-state index is 13.0. The highest BCUT2D eigenvalue weighted by molar-refractivity contribution is 5.78. The molecular formula is C22H25FN4O4. The lowest BCUT2D eigenvalue weighted by Gasteiger charge is -2.27. The predicted octanol–water partition coefficient (Wildman–Crippen LogP) is 2.99. The van der Waals surface area contributed by atoms with Crippen LogP contribution in [0.1, 0.15) is 23.9 Å². The van der Waals surface area contributed by atoms with Crippen LogP contribution in [-0.2, 0) is 29.0 Å². The number of carbonyl (C=O) groups excluding carboxylic acids is 1. The maximum absolute atomic E-state index is 13.0. The van der Waals surface area contributed by atoms with Crippen molar-refractivity contribution < 1.29 is 23.1 Å². The number of benzene rings is 1. The molecule has 0 atom stereocenters. The molecule has 1 aliphatic rings. The molecule has 1 amide bonds. The van der Waals surface area contributed by atoms with Gasteiger partial charge in [0.2, 0.25) is 5.89 Å². The fourth-order valence-corrected chi connectivity index (χ4v) is 3.59. The van der Waals surface area contributed by atoms with E-state index < -0.39 is 0 Å². The van der Waals surface area contributed by atoms with Gasteiger partial charge in [-0.1, -0.05) is 0 Å². The van der Waals surface area contributed by atoms with E-state index in [9.17, 15) is 9.18 Å². The van der Waals surface area contributed by atoms with Crippen LogP contribution in [0.15, 0.2) is 34.9 Å². The fourth-order valence-electron chi connectivity index (χ4n) is 3.59. The number of hydrogen-bond acceptors (Lipinski definition) is 6. The van der Waals surface area contributed by atoms with Crippen molar-refractivity contribution in [1.29, 1.82) is 0 Å². The molecule has 0 N–H and O–H groups in total. The molecule has 164 valence electrons. The van der Waals surface area contributed by atoms with Crippen LogP contribution in [0.3, 0.4) is 0 Å². The topological polar surface area (TPSA) is 82.6 Å². The zero-order valence-corrected chi connectivity index (χ0v) is 17.6. The predicted molar refractivity (Wildman–Crippen MR) is 110 cm³/mol. The minimum Gasteiger partial charge on any atom is -0.484 e. The number of aryl methyl sites for hydroxylation is 1. The highest BCUT2D eigenvalue weighted by Crippen LogP contribution is 2.30. The molecule has 31 heavy (non-hydrogen) atoms. The number of halogens is 1. The highest BCUT2D eigenvalue weighted by Gasteiger charge is 2.29. The molecule has 3 aromatic rings. The Morgan fingerprint density at radius 1 is 1.29 bits per heavy atom. The fraction of sp³-hybridized carbons (Fsp3) is 0.409. The Morgan fingerprint density at radius 3 is 2.81 bits per heavy atom. The van der Waals surface area contributed by atoms with Gasteiger partial charge in [-0.25, -0.2) is 9.37 Å². The molecule has 0 saturated carbocycles. The first-order chi connectivity index (χ1) is 15.0. The van der Waals surface area contributed by atoms with Gasteiger partial charge in [-0.15, -0.1) is 0 Å². The molecule has 0 fully saturated rings. The minimum atomic E-state index is -0.349. The van der Waals surface area contributed by atoms with E-state index in [-0.39, 0.29) is 18.3 Å². The van der Waals surface area contributed by atoms with Gasteiger partial charge in [0.15, 0.2) is 12.3 Å². The zero-order chi connectivity index (χ0) is 21.8. The van der Waals surface area contributed by atoms with E-state index in [0.29, 0.717) is 62.4 Å². The summed E-state index contributed by atoms with van der Waals surface area (Å²) >= 11 is 0. The van der Waals surface area contributed by atoms with Crippen LogP contribution < -0.4 is 4.74 Å². The Balaban J connectivity index is 1.51. The first kappa shape index (κ1) is 21.0. The number of rotatable bonds is 8. The lowest BCUT2D eigenvalue weighted by molar-refractivity contribution is -0.134. The lowest BCUT2D eigenvalue weighted by Crippen LogP contribution is -2.39. The van der Waals surface area contributed by atoms with E-state index in [1.807, 2.05) is 18.5 Å². The molecule has 0 spiro atoms. The molecule has 3 heterocycles. The second-order valence-electron chi connectivity index (χ2n) is 7.28. The number of nitrogens with zero attached hydrogens (tertiary/aromatic N) is 4. The molecule has 2 aromatic heterocycles. The van der Waals surface area contributed by atoms with Crippen molar-refractivity contribution in [3.8, 4) is 17.3 Å². The summed E-state index contributed by atoms with van der Waals surface area (Å²) in [5.41, 5.74) is 2.64. The number of hydrogen-bond donors (Lipinski definition) is 0. The Morgan fingerprint density at radius 2 is 2.10 bits per heavy atom. The van der Waals surface area contributed by atoms with Crippen LogP contribution in [0.2, 0.25) is 0 Å². The van der Waals surface area contributed by atoms with Gasteiger partial charge in [0.05, 0.1) is 19.3 Å². The summed E-state index contributed by atoms with van der Waals surface area (Å²) in [4.78, 5) is 18.8. The van der Waals surface area contributed by atoms with Crippen LogP contribution >= 0.6 is 0 Å². The number of ether oxygens (including phenoxy) is 2. The summed E-state index contributed by atoms with van der Waals surface area (Å²) in [6.07, 6.45) is 2.32. The first-order valence-corrected chi connectivity index (χ1v) is 10.3. The van der Waals surface area contributed by atoms with Crippen molar-refractivity contribution in [2.45, 2.75) is 33.4 Å². The molecule has 4 rings (SSSR count). The van der Waals surface area contributed by atoms with Crippen LogP contribution in [0.25, 0.3) is 11.6 Å². The lowest BCUT2D eigenvalue weighted by atomic mass is 10.0. The van der Waals surface area contributed by atoms with E-state index in [4.69, 9.17) is 19.0 Å². The molecule has 9 heteroatoms. The average Bonchev–Trinajstić information content (AvgIpc) is 3.36. The standard InChI is InChI=1S/C22H25FN4O4/c1-3-29-11-10-27-19-8-9-26(20(28)14-30-17-6-4-16(23)5-7-17)13-18(19)21(25-27)22-24-12-15(2)31-22/h4-7,12H,3,8-11,13-14H2,1-2H3. The summed E-state index contributed by atoms with van der Waals surface area (Å²) in [6, 6.07) is 5.60. The van der Waals surface area contributed by atoms with Gasteiger partial charge in [-0.3, -0.25) is 9.48 Å². The Labute approximate surface area is 179 Å². The molecule has 0 radical (unpaired) electrons. The van der Waals surface area contributed by atoms with Gasteiger partial charge >= 0.3 is 0 Å². The summed E-state index contributed by atoms with van der Waals surface area (Å²) in [5.74, 6) is 1.10. The van der Waals surface area contributed by atoms with E-state index in [0.717, 1.165) is 11.3 Å². The third kappa shape index (κ3) is 4.77. The summed E-state index contributed by atoms with van der Waals surface area (Å²) < 4.78 is 31.7. The van der Waals surface area contributed by atoms with E-state index >= 15 is 0 Å². The SMILES string of the molecule is CCOCCn1nc(-c2ncc(C)o2)c2c1CCN(C(=O)COc1ccc(F)cc1)C2. The maximum Gasteiger partial charge on any atom is 0.260 e. The third-order valence-corrected chi connectivity index (χ3v) is 5.14. The number of oxazole rings is 1. The average molecular weight is 428 g/mol. The summed E-state index contributed by atoms with van der Waals surface area (Å²) in [5, 5.41) is 4.72. The van der Waals surface area contributed by atoms with Crippen molar-refractivity contribution in [1.82, 2.24) is 19.7 Å². The second kappa shape index (κ2) is 9.30. The van der Waals surface area contributed by atoms with Gasteiger partial charge in [0.1, 0.15) is 17.3 Å². The van der Waals surface area contributed by atoms with Crippen LogP contribution in [-0.4, -0.2) is 51.9 Å². The molecule has 0 saturated heterocycles. The second-order valence-corrected chi connectivity index (χ2v) is 7.28. The molecule has 0 aliphatic carbocycles. The van der Waals surface area contributed by atoms with Crippen LogP contribution in [0.4, 0.5) is 4.39 Å². The van der Waals surface area contributed by atoms with Gasteiger partial charge < -0.3 is 18.8 Å². The molecule has 1 aromatic carbocycles. The Kier molecular flexibility index (Phi) is 6.31. The number of carbonyl (C=O) groups is 1. The quantitative estimate of drug-likeness (QED) is 0.513. The van der Waals surface area contributed by atoms with Crippen LogP contribution in [0.5, 0.6) is 5.75 Å². The molecular weight excluding hydrogens is 403 g/mol. The molecule has 0 bridgehead atoms. The molecule has 8 nitrogen and oxygen atoms in total. The van der Waals surface area contributed by atoms with Crippen molar-refractivity contribution in [2.24, 2.45) is 0 Å². The normalized spacial score (nSPS) is 13.3. The van der Waals surface area contributed by atoms with Crippen molar-refractivity contribution in [3.63, 3.8) is 0 Å². The highest BCUT2D eigenvalue weighted by atomic mass is 19.1. The van der Waals surface area contributed by atoms with Crippen molar-refractivity contribution in [2.75, 3.05) is 26.4 Å². The van der Waals surface area contributed by atoms with E-state index in [1.165, 1.54) is 24.3 Å². The first-order valence-electron chi connectivity index (χ1n) is 10.3. The summed E-state index contributed by atoms with van der Waals surface area (Å²) in [6.45, 7) is 6.45. The van der Waals surface area contributed by atoms with Gasteiger partial charge in [0, 0.05) is 37.4 Å². The molecule has 0 unspecified atom stereocenters. The van der Waals surface area contributed by atoms with E-state index in [2.05, 4.69) is 4.98 Å².